The van der Waals surface area contributed by atoms with Gasteiger partial charge in [0.1, 0.15) is 0 Å². The summed E-state index contributed by atoms with van der Waals surface area (Å²) in [5.74, 6) is 1.68. The smallest absolute Gasteiger partial charge is 0.162 e. The zero-order valence-corrected chi connectivity index (χ0v) is 13.5. The van der Waals surface area contributed by atoms with E-state index in [1.165, 1.54) is 18.4 Å². The van der Waals surface area contributed by atoms with E-state index in [4.69, 9.17) is 15.2 Å². The molecule has 1 aromatic carbocycles. The molecule has 1 aromatic rings. The van der Waals surface area contributed by atoms with E-state index < -0.39 is 0 Å². The molecule has 4 heteroatoms. The fourth-order valence-electron chi connectivity index (χ4n) is 3.11. The second-order valence-electron chi connectivity index (χ2n) is 5.99. The van der Waals surface area contributed by atoms with Crippen molar-refractivity contribution in [1.82, 2.24) is 0 Å². The molecule has 0 spiro atoms. The third-order valence-corrected chi connectivity index (χ3v) is 5.32. The summed E-state index contributed by atoms with van der Waals surface area (Å²) in [5.41, 5.74) is 7.35. The van der Waals surface area contributed by atoms with E-state index in [0.29, 0.717) is 12.6 Å². The van der Waals surface area contributed by atoms with E-state index in [0.717, 1.165) is 41.7 Å². The van der Waals surface area contributed by atoms with Crippen LogP contribution in [0.15, 0.2) is 16.6 Å². The van der Waals surface area contributed by atoms with E-state index >= 15 is 0 Å². The molecule has 2 aliphatic carbocycles. The van der Waals surface area contributed by atoms with Crippen molar-refractivity contribution >= 4 is 15.9 Å². The Kier molecular flexibility index (Phi) is 3.95. The van der Waals surface area contributed by atoms with Crippen LogP contribution >= 0.6 is 15.9 Å². The number of benzene rings is 1. The van der Waals surface area contributed by atoms with E-state index in [2.05, 4.69) is 28.1 Å². The third kappa shape index (κ3) is 2.56. The molecule has 3 rings (SSSR count). The molecule has 2 fully saturated rings. The fraction of sp³-hybridized carbons (Fsp3) is 0.625. The normalized spacial score (nSPS) is 20.9. The van der Waals surface area contributed by atoms with Crippen molar-refractivity contribution in [1.29, 1.82) is 0 Å². The molecule has 0 aromatic heterocycles. The summed E-state index contributed by atoms with van der Waals surface area (Å²) < 4.78 is 12.7. The second-order valence-corrected chi connectivity index (χ2v) is 6.85. The molecular formula is C16H22BrNO2. The molecule has 110 valence electrons. The van der Waals surface area contributed by atoms with Gasteiger partial charge in [-0.05, 0) is 56.2 Å². The summed E-state index contributed by atoms with van der Waals surface area (Å²) in [6, 6.07) is 4.16. The first-order chi connectivity index (χ1) is 9.68. The summed E-state index contributed by atoms with van der Waals surface area (Å²) in [6.45, 7) is 0.692. The Balaban J connectivity index is 1.89. The number of methoxy groups -OCH3 is 1. The van der Waals surface area contributed by atoms with Gasteiger partial charge in [0.2, 0.25) is 0 Å². The van der Waals surface area contributed by atoms with Crippen LogP contribution in [0.2, 0.25) is 0 Å². The Morgan fingerprint density at radius 2 is 1.95 bits per heavy atom. The van der Waals surface area contributed by atoms with Gasteiger partial charge in [0.15, 0.2) is 11.5 Å². The summed E-state index contributed by atoms with van der Waals surface area (Å²) >= 11 is 3.69. The number of halogens is 1. The number of ether oxygens (including phenoxy) is 2. The first-order valence-corrected chi connectivity index (χ1v) is 8.22. The molecule has 0 bridgehead atoms. The van der Waals surface area contributed by atoms with Crippen molar-refractivity contribution in [2.24, 2.45) is 5.73 Å². The molecule has 0 saturated heterocycles. The van der Waals surface area contributed by atoms with Crippen LogP contribution in [-0.4, -0.2) is 19.8 Å². The van der Waals surface area contributed by atoms with Gasteiger partial charge in [0.05, 0.1) is 13.2 Å². The summed E-state index contributed by atoms with van der Waals surface area (Å²) in [6.07, 6.45) is 7.49. The fourth-order valence-corrected chi connectivity index (χ4v) is 3.86. The topological polar surface area (TPSA) is 44.5 Å². The lowest BCUT2D eigenvalue weighted by atomic mass is 9.96. The monoisotopic (exact) mass is 339 g/mol. The van der Waals surface area contributed by atoms with E-state index in [1.54, 1.807) is 7.11 Å². The molecule has 0 atom stereocenters. The van der Waals surface area contributed by atoms with Gasteiger partial charge >= 0.3 is 0 Å². The number of rotatable bonds is 5. The lowest BCUT2D eigenvalue weighted by molar-refractivity contribution is 0.200. The SMILES string of the molecule is COc1cc(C2(CN)CC2)c(Br)cc1OC1CCCC1. The highest BCUT2D eigenvalue weighted by atomic mass is 79.9. The summed E-state index contributed by atoms with van der Waals surface area (Å²) in [7, 11) is 1.70. The average Bonchev–Trinajstić information content (AvgIpc) is 3.08. The predicted molar refractivity (Wildman–Crippen MR) is 83.5 cm³/mol. The highest BCUT2D eigenvalue weighted by molar-refractivity contribution is 9.10. The van der Waals surface area contributed by atoms with E-state index in [1.807, 2.05) is 0 Å². The van der Waals surface area contributed by atoms with Crippen molar-refractivity contribution in [3.63, 3.8) is 0 Å². The summed E-state index contributed by atoms with van der Waals surface area (Å²) in [5, 5.41) is 0. The van der Waals surface area contributed by atoms with Crippen LogP contribution in [0.5, 0.6) is 11.5 Å². The van der Waals surface area contributed by atoms with Crippen molar-refractivity contribution in [2.75, 3.05) is 13.7 Å². The van der Waals surface area contributed by atoms with Crippen LogP contribution in [0.4, 0.5) is 0 Å². The minimum absolute atomic E-state index is 0.151. The lowest BCUT2D eigenvalue weighted by Gasteiger charge is -2.20. The van der Waals surface area contributed by atoms with Crippen molar-refractivity contribution in [3.05, 3.63) is 22.2 Å². The first-order valence-electron chi connectivity index (χ1n) is 7.43. The Bertz CT molecular complexity index is 493. The van der Waals surface area contributed by atoms with Gasteiger partial charge in [-0.15, -0.1) is 0 Å². The Morgan fingerprint density at radius 3 is 2.50 bits per heavy atom. The minimum atomic E-state index is 0.151. The number of nitrogens with two attached hydrogens (primary N) is 1. The van der Waals surface area contributed by atoms with Crippen LogP contribution in [0.3, 0.4) is 0 Å². The lowest BCUT2D eigenvalue weighted by Crippen LogP contribution is -2.20. The predicted octanol–water partition coefficient (Wildman–Crippen LogP) is 3.77. The third-order valence-electron chi connectivity index (χ3n) is 4.66. The van der Waals surface area contributed by atoms with Crippen LogP contribution in [0, 0.1) is 0 Å². The van der Waals surface area contributed by atoms with Crippen molar-refractivity contribution in [3.8, 4) is 11.5 Å². The standard InChI is InChI=1S/C16H22BrNO2/c1-19-14-8-12(16(10-18)6-7-16)13(17)9-15(14)20-11-4-2-3-5-11/h8-9,11H,2-7,10,18H2,1H3. The maximum atomic E-state index is 6.11. The van der Waals surface area contributed by atoms with Gasteiger partial charge in [-0.2, -0.15) is 0 Å². The summed E-state index contributed by atoms with van der Waals surface area (Å²) in [4.78, 5) is 0. The molecular weight excluding hydrogens is 318 g/mol. The van der Waals surface area contributed by atoms with Gasteiger partial charge in [-0.1, -0.05) is 15.9 Å². The van der Waals surface area contributed by atoms with Crippen molar-refractivity contribution in [2.45, 2.75) is 50.0 Å². The molecule has 2 aliphatic rings. The Morgan fingerprint density at radius 1 is 1.25 bits per heavy atom. The zero-order chi connectivity index (χ0) is 14.2. The van der Waals surface area contributed by atoms with Crippen molar-refractivity contribution < 1.29 is 9.47 Å². The number of hydrogen-bond acceptors (Lipinski definition) is 3. The van der Waals surface area contributed by atoms with E-state index in [-0.39, 0.29) is 5.41 Å². The average molecular weight is 340 g/mol. The molecule has 3 nitrogen and oxygen atoms in total. The molecule has 20 heavy (non-hydrogen) atoms. The molecule has 0 unspecified atom stereocenters. The second kappa shape index (κ2) is 5.57. The van der Waals surface area contributed by atoms with Crippen LogP contribution in [0.25, 0.3) is 0 Å². The van der Waals surface area contributed by atoms with Crippen LogP contribution in [0.1, 0.15) is 44.1 Å². The van der Waals surface area contributed by atoms with Gasteiger partial charge in [-0.3, -0.25) is 0 Å². The van der Waals surface area contributed by atoms with Gasteiger partial charge in [0.25, 0.3) is 0 Å². The molecule has 0 amide bonds. The Labute approximate surface area is 129 Å². The molecule has 0 aliphatic heterocycles. The van der Waals surface area contributed by atoms with Crippen LogP contribution < -0.4 is 15.2 Å². The Hall–Kier alpha value is -0.740. The number of hydrogen-bond donors (Lipinski definition) is 1. The molecule has 2 saturated carbocycles. The maximum Gasteiger partial charge on any atom is 0.162 e. The van der Waals surface area contributed by atoms with Gasteiger partial charge in [-0.25, -0.2) is 0 Å². The van der Waals surface area contributed by atoms with Gasteiger partial charge < -0.3 is 15.2 Å². The largest absolute Gasteiger partial charge is 0.493 e. The highest BCUT2D eigenvalue weighted by Gasteiger charge is 2.44. The zero-order valence-electron chi connectivity index (χ0n) is 12.0. The van der Waals surface area contributed by atoms with Gasteiger partial charge in [0, 0.05) is 16.4 Å². The first kappa shape index (κ1) is 14.2. The van der Waals surface area contributed by atoms with Crippen LogP contribution in [-0.2, 0) is 5.41 Å². The minimum Gasteiger partial charge on any atom is -0.493 e. The molecule has 0 heterocycles. The molecule has 0 radical (unpaired) electrons. The highest BCUT2D eigenvalue weighted by Crippen LogP contribution is 2.52. The maximum absolute atomic E-state index is 6.11. The quantitative estimate of drug-likeness (QED) is 0.887. The van der Waals surface area contributed by atoms with E-state index in [9.17, 15) is 0 Å². The molecule has 2 N–H and O–H groups in total.